The third kappa shape index (κ3) is 7.87. The van der Waals surface area contributed by atoms with Gasteiger partial charge in [-0.25, -0.2) is 0 Å². The van der Waals surface area contributed by atoms with Crippen molar-refractivity contribution in [2.45, 2.75) is 63.6 Å². The van der Waals surface area contributed by atoms with Crippen LogP contribution in [0, 0.1) is 5.41 Å². The van der Waals surface area contributed by atoms with Crippen LogP contribution in [-0.4, -0.2) is 44.1 Å². The lowest BCUT2D eigenvalue weighted by molar-refractivity contribution is -0.146. The number of aromatic nitrogens is 3. The average molecular weight is 624 g/mol. The molecule has 0 saturated carbocycles. The Labute approximate surface area is 269 Å². The first-order valence-electron chi connectivity index (χ1n) is 15.1. The van der Waals surface area contributed by atoms with Crippen LogP contribution in [0.1, 0.15) is 51.6 Å². The number of hydrogen-bond acceptors (Lipinski definition) is 6. The molecule has 3 heterocycles. The summed E-state index contributed by atoms with van der Waals surface area (Å²) in [7, 11) is 1.65. The summed E-state index contributed by atoms with van der Waals surface area (Å²) in [6, 6.07) is 24.1. The molecule has 0 radical (unpaired) electrons. The summed E-state index contributed by atoms with van der Waals surface area (Å²) in [5.74, 6) is 0.758. The number of pyridine rings is 2. The highest BCUT2D eigenvalue weighted by Gasteiger charge is 2.33. The first kappa shape index (κ1) is 32.1. The number of benzene rings is 2. The number of methoxy groups -OCH3 is 1. The minimum Gasteiger partial charge on any atom is -0.497 e. The Kier molecular flexibility index (Phi) is 9.53. The summed E-state index contributed by atoms with van der Waals surface area (Å²) in [6.45, 7) is 11.2. The van der Waals surface area contributed by atoms with Gasteiger partial charge >= 0.3 is 5.97 Å². The van der Waals surface area contributed by atoms with Gasteiger partial charge in [-0.3, -0.25) is 14.8 Å². The fourth-order valence-corrected chi connectivity index (χ4v) is 6.35. The molecule has 1 N–H and O–H groups in total. The second-order valence-electron chi connectivity index (χ2n) is 12.8. The van der Waals surface area contributed by atoms with Gasteiger partial charge in [-0.15, -0.1) is 11.8 Å². The first-order chi connectivity index (χ1) is 21.4. The minimum atomic E-state index is -0.961. The standard InChI is InChI=1S/C37H41N3O4S/c1-36(2,3)45-34-30-21-29(44-20-18-27-9-7-8-19-38-27)15-17-32(30)40(33(34)22-37(4,5)35(41)42)24-25-10-16-31(39-23-25)26-11-13-28(43-6)14-12-26/h7-17,19,21,23H,18,20,22,24H2,1-6H3,(H,41,42). The Morgan fingerprint density at radius 1 is 0.933 bits per heavy atom. The molecule has 8 heteroatoms. The summed E-state index contributed by atoms with van der Waals surface area (Å²) in [5.41, 5.74) is 4.98. The van der Waals surface area contributed by atoms with Crippen molar-refractivity contribution in [3.8, 4) is 22.8 Å². The maximum atomic E-state index is 12.3. The van der Waals surface area contributed by atoms with E-state index in [0.29, 0.717) is 26.0 Å². The van der Waals surface area contributed by atoms with Gasteiger partial charge in [0.2, 0.25) is 0 Å². The molecule has 0 unspecified atom stereocenters. The average Bonchev–Trinajstić information content (AvgIpc) is 3.27. The lowest BCUT2D eigenvalue weighted by atomic mass is 9.88. The van der Waals surface area contributed by atoms with Gasteiger partial charge in [0, 0.05) is 69.3 Å². The number of carboxylic acids is 1. The Bertz CT molecular complexity index is 1760. The molecular formula is C37H41N3O4S. The predicted molar refractivity (Wildman–Crippen MR) is 181 cm³/mol. The van der Waals surface area contributed by atoms with Crippen molar-refractivity contribution < 1.29 is 19.4 Å². The van der Waals surface area contributed by atoms with Crippen molar-refractivity contribution in [3.63, 3.8) is 0 Å². The fraction of sp³-hybridized carbons (Fsp3) is 0.324. The molecule has 2 aromatic carbocycles. The van der Waals surface area contributed by atoms with Gasteiger partial charge in [-0.1, -0.05) is 32.9 Å². The van der Waals surface area contributed by atoms with E-state index in [0.717, 1.165) is 55.5 Å². The molecule has 5 rings (SSSR count). The number of nitrogens with zero attached hydrogens (tertiary/aromatic N) is 3. The topological polar surface area (TPSA) is 86.5 Å². The molecule has 5 aromatic rings. The van der Waals surface area contributed by atoms with Crippen molar-refractivity contribution in [2.24, 2.45) is 5.41 Å². The monoisotopic (exact) mass is 623 g/mol. The van der Waals surface area contributed by atoms with Crippen LogP contribution in [0.4, 0.5) is 0 Å². The third-order valence-corrected chi connectivity index (χ3v) is 8.86. The molecule has 0 spiro atoms. The third-order valence-electron chi connectivity index (χ3n) is 7.59. The molecule has 0 aliphatic heterocycles. The number of carbonyl (C=O) groups is 1. The molecule has 3 aromatic heterocycles. The number of carboxylic acid groups (broad SMARTS) is 1. The van der Waals surface area contributed by atoms with Gasteiger partial charge < -0.3 is 19.1 Å². The van der Waals surface area contributed by atoms with Gasteiger partial charge in [-0.05, 0) is 80.1 Å². The number of aliphatic carboxylic acids is 1. The van der Waals surface area contributed by atoms with Gasteiger partial charge in [-0.2, -0.15) is 0 Å². The van der Waals surface area contributed by atoms with E-state index >= 15 is 0 Å². The highest BCUT2D eigenvalue weighted by molar-refractivity contribution is 8.00. The Morgan fingerprint density at radius 2 is 1.69 bits per heavy atom. The van der Waals surface area contributed by atoms with Crippen LogP contribution in [-0.2, 0) is 24.2 Å². The SMILES string of the molecule is COc1ccc(-c2ccc(Cn3c(CC(C)(C)C(=O)O)c(SC(C)(C)C)c4cc(OCCc5ccccn5)ccc43)cn2)cc1. The van der Waals surface area contributed by atoms with E-state index in [9.17, 15) is 9.90 Å². The van der Waals surface area contributed by atoms with Crippen molar-refractivity contribution in [1.82, 2.24) is 14.5 Å². The summed E-state index contributed by atoms with van der Waals surface area (Å²) < 4.78 is 13.7. The molecule has 0 amide bonds. The Balaban J connectivity index is 1.53. The van der Waals surface area contributed by atoms with E-state index in [2.05, 4.69) is 48.5 Å². The van der Waals surface area contributed by atoms with Gasteiger partial charge in [0.25, 0.3) is 0 Å². The highest BCUT2D eigenvalue weighted by atomic mass is 32.2. The van der Waals surface area contributed by atoms with Crippen LogP contribution in [0.5, 0.6) is 11.5 Å². The summed E-state index contributed by atoms with van der Waals surface area (Å²) in [4.78, 5) is 22.6. The van der Waals surface area contributed by atoms with E-state index < -0.39 is 11.4 Å². The lowest BCUT2D eigenvalue weighted by Crippen LogP contribution is -2.28. The number of rotatable bonds is 12. The second-order valence-corrected chi connectivity index (χ2v) is 14.7. The molecule has 0 aliphatic rings. The van der Waals surface area contributed by atoms with Gasteiger partial charge in [0.1, 0.15) is 11.5 Å². The number of ether oxygens (including phenoxy) is 2. The van der Waals surface area contributed by atoms with Crippen molar-refractivity contribution >= 4 is 28.6 Å². The number of thioether (sulfide) groups is 1. The van der Waals surface area contributed by atoms with Gasteiger partial charge in [0.05, 0.1) is 24.8 Å². The van der Waals surface area contributed by atoms with E-state index in [1.54, 1.807) is 38.9 Å². The van der Waals surface area contributed by atoms with E-state index in [1.165, 1.54) is 0 Å². The lowest BCUT2D eigenvalue weighted by Gasteiger charge is -2.24. The maximum Gasteiger partial charge on any atom is 0.309 e. The Hall–Kier alpha value is -4.30. The van der Waals surface area contributed by atoms with Crippen LogP contribution >= 0.6 is 11.8 Å². The highest BCUT2D eigenvalue weighted by Crippen LogP contribution is 2.44. The molecule has 0 fully saturated rings. The normalized spacial score (nSPS) is 12.0. The quantitative estimate of drug-likeness (QED) is 0.140. The van der Waals surface area contributed by atoms with Crippen LogP contribution in [0.3, 0.4) is 0 Å². The van der Waals surface area contributed by atoms with Crippen LogP contribution < -0.4 is 9.47 Å². The molecule has 7 nitrogen and oxygen atoms in total. The van der Waals surface area contributed by atoms with Crippen LogP contribution in [0.25, 0.3) is 22.2 Å². The molecule has 0 aliphatic carbocycles. The maximum absolute atomic E-state index is 12.3. The molecular weight excluding hydrogens is 582 g/mol. The second kappa shape index (κ2) is 13.4. The zero-order chi connectivity index (χ0) is 32.2. The molecule has 234 valence electrons. The molecule has 45 heavy (non-hydrogen) atoms. The predicted octanol–water partition coefficient (Wildman–Crippen LogP) is 8.32. The number of fused-ring (bicyclic) bond motifs is 1. The largest absolute Gasteiger partial charge is 0.497 e. The number of hydrogen-bond donors (Lipinski definition) is 1. The van der Waals surface area contributed by atoms with Gasteiger partial charge in [0.15, 0.2) is 0 Å². The van der Waals surface area contributed by atoms with Crippen LogP contribution in [0.15, 0.2) is 90.1 Å². The van der Waals surface area contributed by atoms with Crippen molar-refractivity contribution in [3.05, 3.63) is 102 Å². The van der Waals surface area contributed by atoms with E-state index in [1.807, 2.05) is 60.8 Å². The van der Waals surface area contributed by atoms with E-state index in [4.69, 9.17) is 14.5 Å². The molecule has 0 atom stereocenters. The summed E-state index contributed by atoms with van der Waals surface area (Å²) in [6.07, 6.45) is 4.79. The Morgan fingerprint density at radius 3 is 2.31 bits per heavy atom. The zero-order valence-corrected chi connectivity index (χ0v) is 27.6. The zero-order valence-electron chi connectivity index (χ0n) is 26.8. The van der Waals surface area contributed by atoms with E-state index in [-0.39, 0.29) is 4.75 Å². The molecule has 0 saturated heterocycles. The minimum absolute atomic E-state index is 0.0986. The van der Waals surface area contributed by atoms with Crippen molar-refractivity contribution in [2.75, 3.05) is 13.7 Å². The molecule has 0 bridgehead atoms. The fourth-order valence-electron chi connectivity index (χ4n) is 5.17. The smallest absolute Gasteiger partial charge is 0.309 e. The van der Waals surface area contributed by atoms with Crippen molar-refractivity contribution in [1.29, 1.82) is 0 Å². The first-order valence-corrected chi connectivity index (χ1v) is 15.9. The summed E-state index contributed by atoms with van der Waals surface area (Å²) in [5, 5.41) is 11.2. The van der Waals surface area contributed by atoms with Crippen LogP contribution in [0.2, 0.25) is 0 Å². The summed E-state index contributed by atoms with van der Waals surface area (Å²) >= 11 is 1.77.